The van der Waals surface area contributed by atoms with Gasteiger partial charge in [0.2, 0.25) is 10.0 Å². The summed E-state index contributed by atoms with van der Waals surface area (Å²) in [4.78, 5) is 3.75. The molecule has 6 nitrogen and oxygen atoms in total. The zero-order valence-electron chi connectivity index (χ0n) is 8.57. The lowest BCUT2D eigenvalue weighted by atomic mass is 10.3. The maximum Gasteiger partial charge on any atom is 0.246 e. The van der Waals surface area contributed by atoms with Crippen LogP contribution in [0.5, 0.6) is 0 Å². The molecule has 2 rings (SSSR count). The van der Waals surface area contributed by atoms with Gasteiger partial charge in [-0.2, -0.15) is 4.31 Å². The predicted molar refractivity (Wildman–Crippen MR) is 58.0 cm³/mol. The molecule has 0 amide bonds. The van der Waals surface area contributed by atoms with Gasteiger partial charge in [0.05, 0.1) is 6.10 Å². The van der Waals surface area contributed by atoms with Crippen LogP contribution in [-0.4, -0.2) is 42.0 Å². The number of aromatic nitrogens is 1. The van der Waals surface area contributed by atoms with Gasteiger partial charge in [0.25, 0.3) is 0 Å². The molecule has 1 aliphatic heterocycles. The Balaban J connectivity index is 2.36. The molecule has 0 unspecified atom stereocenters. The highest BCUT2D eigenvalue weighted by Gasteiger charge is 2.32. The summed E-state index contributed by atoms with van der Waals surface area (Å²) in [6.45, 7) is 0.439. The van der Waals surface area contributed by atoms with Crippen LogP contribution in [0.2, 0.25) is 0 Å². The number of aliphatic hydroxyl groups is 1. The van der Waals surface area contributed by atoms with Crippen molar-refractivity contribution in [1.29, 1.82) is 0 Å². The summed E-state index contributed by atoms with van der Waals surface area (Å²) in [5.41, 5.74) is 5.53. The molecule has 1 atom stereocenters. The van der Waals surface area contributed by atoms with E-state index < -0.39 is 16.1 Å². The van der Waals surface area contributed by atoms with Crippen LogP contribution in [0.1, 0.15) is 6.42 Å². The van der Waals surface area contributed by atoms with E-state index in [-0.39, 0.29) is 17.3 Å². The van der Waals surface area contributed by atoms with Gasteiger partial charge >= 0.3 is 0 Å². The van der Waals surface area contributed by atoms with Gasteiger partial charge in [0, 0.05) is 19.3 Å². The van der Waals surface area contributed by atoms with Crippen molar-refractivity contribution in [3.63, 3.8) is 0 Å². The molecular formula is C9H13N3O3S. The molecule has 1 saturated heterocycles. The number of β-amino-alcohol motifs (C(OH)–C–C–N with tert-alkyl or cyclic N) is 1. The number of hydrogen-bond acceptors (Lipinski definition) is 5. The van der Waals surface area contributed by atoms with E-state index in [0.717, 1.165) is 0 Å². The second-order valence-electron chi connectivity index (χ2n) is 3.69. The number of rotatable bonds is 2. The Bertz CT molecular complexity index is 489. The summed E-state index contributed by atoms with van der Waals surface area (Å²) in [5, 5.41) is 9.33. The standard InChI is InChI=1S/C9H13N3O3S/c10-9-8(2-1-4-11-9)16(14,15)12-5-3-7(13)6-12/h1-2,4,7,13H,3,5-6H2,(H2,10,11)/t7-/m0/s1. The Morgan fingerprint density at radius 3 is 2.88 bits per heavy atom. The Morgan fingerprint density at radius 1 is 1.56 bits per heavy atom. The van der Waals surface area contributed by atoms with Crippen molar-refractivity contribution >= 4 is 15.8 Å². The van der Waals surface area contributed by atoms with Gasteiger partial charge in [-0.25, -0.2) is 13.4 Å². The van der Waals surface area contributed by atoms with Crippen LogP contribution in [0, 0.1) is 0 Å². The maximum atomic E-state index is 12.1. The summed E-state index contributed by atoms with van der Waals surface area (Å²) in [5.74, 6) is -0.0103. The summed E-state index contributed by atoms with van der Waals surface area (Å²) < 4.78 is 25.4. The number of nitrogen functional groups attached to an aromatic ring is 1. The van der Waals surface area contributed by atoms with E-state index in [0.29, 0.717) is 13.0 Å². The molecule has 7 heteroatoms. The molecule has 0 spiro atoms. The first-order valence-corrected chi connectivity index (χ1v) is 6.34. The normalized spacial score (nSPS) is 22.4. The maximum absolute atomic E-state index is 12.1. The van der Waals surface area contributed by atoms with Crippen LogP contribution in [0.15, 0.2) is 23.2 Å². The third kappa shape index (κ3) is 1.89. The molecule has 1 aromatic rings. The van der Waals surface area contributed by atoms with Crippen molar-refractivity contribution in [3.8, 4) is 0 Å². The molecule has 1 aliphatic rings. The summed E-state index contributed by atoms with van der Waals surface area (Å²) in [7, 11) is -3.62. The van der Waals surface area contributed by atoms with Gasteiger partial charge in [-0.1, -0.05) is 0 Å². The summed E-state index contributed by atoms with van der Waals surface area (Å²) in [6, 6.07) is 2.94. The number of aliphatic hydroxyl groups excluding tert-OH is 1. The number of sulfonamides is 1. The van der Waals surface area contributed by atoms with E-state index in [9.17, 15) is 13.5 Å². The monoisotopic (exact) mass is 243 g/mol. The molecule has 2 heterocycles. The topological polar surface area (TPSA) is 96.5 Å². The third-order valence-corrected chi connectivity index (χ3v) is 4.46. The van der Waals surface area contributed by atoms with E-state index in [1.807, 2.05) is 0 Å². The smallest absolute Gasteiger partial charge is 0.246 e. The van der Waals surface area contributed by atoms with E-state index in [1.54, 1.807) is 0 Å². The minimum Gasteiger partial charge on any atom is -0.392 e. The van der Waals surface area contributed by atoms with Gasteiger partial charge in [-0.3, -0.25) is 0 Å². The van der Waals surface area contributed by atoms with Gasteiger partial charge in [0.15, 0.2) is 0 Å². The molecule has 3 N–H and O–H groups in total. The van der Waals surface area contributed by atoms with Crippen molar-refractivity contribution in [3.05, 3.63) is 18.3 Å². The number of nitrogens with zero attached hydrogens (tertiary/aromatic N) is 2. The molecule has 16 heavy (non-hydrogen) atoms. The largest absolute Gasteiger partial charge is 0.392 e. The van der Waals surface area contributed by atoms with Crippen molar-refractivity contribution in [1.82, 2.24) is 9.29 Å². The van der Waals surface area contributed by atoms with Gasteiger partial charge in [-0.15, -0.1) is 0 Å². The first kappa shape index (κ1) is 11.3. The number of hydrogen-bond donors (Lipinski definition) is 2. The third-order valence-electron chi connectivity index (χ3n) is 2.54. The molecule has 88 valence electrons. The first-order chi connectivity index (χ1) is 7.51. The van der Waals surface area contributed by atoms with Crippen molar-refractivity contribution in [2.24, 2.45) is 0 Å². The fourth-order valence-corrected chi connectivity index (χ4v) is 3.25. The van der Waals surface area contributed by atoms with E-state index in [2.05, 4.69) is 4.98 Å². The van der Waals surface area contributed by atoms with E-state index >= 15 is 0 Å². The molecule has 1 aromatic heterocycles. The second-order valence-corrected chi connectivity index (χ2v) is 5.60. The zero-order valence-corrected chi connectivity index (χ0v) is 9.39. The molecule has 0 saturated carbocycles. The fourth-order valence-electron chi connectivity index (χ4n) is 1.69. The summed E-state index contributed by atoms with van der Waals surface area (Å²) in [6.07, 6.45) is 1.31. The Kier molecular flexibility index (Phi) is 2.83. The van der Waals surface area contributed by atoms with Crippen LogP contribution >= 0.6 is 0 Å². The van der Waals surface area contributed by atoms with Crippen LogP contribution in [0.4, 0.5) is 5.82 Å². The van der Waals surface area contributed by atoms with Crippen LogP contribution in [-0.2, 0) is 10.0 Å². The van der Waals surface area contributed by atoms with E-state index in [4.69, 9.17) is 5.73 Å². The van der Waals surface area contributed by atoms with Crippen LogP contribution < -0.4 is 5.73 Å². The molecule has 0 aliphatic carbocycles. The number of nitrogens with two attached hydrogens (primary N) is 1. The van der Waals surface area contributed by atoms with Gasteiger partial charge < -0.3 is 10.8 Å². The molecule has 0 aromatic carbocycles. The zero-order chi connectivity index (χ0) is 11.8. The Hall–Kier alpha value is -1.18. The molecule has 0 bridgehead atoms. The predicted octanol–water partition coefficient (Wildman–Crippen LogP) is -0.581. The lowest BCUT2D eigenvalue weighted by molar-refractivity contribution is 0.189. The summed E-state index contributed by atoms with van der Waals surface area (Å²) >= 11 is 0. The van der Waals surface area contributed by atoms with Crippen LogP contribution in [0.3, 0.4) is 0 Å². The second kappa shape index (κ2) is 4.00. The minimum absolute atomic E-state index is 0.00380. The average Bonchev–Trinajstić information content (AvgIpc) is 2.66. The number of anilines is 1. The highest BCUT2D eigenvalue weighted by molar-refractivity contribution is 7.89. The van der Waals surface area contributed by atoms with Crippen LogP contribution in [0.25, 0.3) is 0 Å². The fraction of sp³-hybridized carbons (Fsp3) is 0.444. The highest BCUT2D eigenvalue weighted by atomic mass is 32.2. The lowest BCUT2D eigenvalue weighted by Gasteiger charge is -2.16. The van der Waals surface area contributed by atoms with Gasteiger partial charge in [-0.05, 0) is 18.6 Å². The van der Waals surface area contributed by atoms with Crippen molar-refractivity contribution < 1.29 is 13.5 Å². The van der Waals surface area contributed by atoms with Crippen molar-refractivity contribution in [2.75, 3.05) is 18.8 Å². The molecule has 0 radical (unpaired) electrons. The molecule has 1 fully saturated rings. The lowest BCUT2D eigenvalue weighted by Crippen LogP contribution is -2.30. The van der Waals surface area contributed by atoms with Gasteiger partial charge in [0.1, 0.15) is 10.7 Å². The quantitative estimate of drug-likeness (QED) is 0.724. The Labute approximate surface area is 93.8 Å². The average molecular weight is 243 g/mol. The number of pyridine rings is 1. The SMILES string of the molecule is Nc1ncccc1S(=O)(=O)N1CC[C@H](O)C1. The highest BCUT2D eigenvalue weighted by Crippen LogP contribution is 2.23. The molecular weight excluding hydrogens is 230 g/mol. The first-order valence-electron chi connectivity index (χ1n) is 4.90. The van der Waals surface area contributed by atoms with Crippen molar-refractivity contribution in [2.45, 2.75) is 17.4 Å². The minimum atomic E-state index is -3.62. The van der Waals surface area contributed by atoms with E-state index in [1.165, 1.54) is 22.6 Å². The Morgan fingerprint density at radius 2 is 2.31 bits per heavy atom.